The van der Waals surface area contributed by atoms with Crippen LogP contribution in [0.2, 0.25) is 0 Å². The number of hydrogen-bond donors (Lipinski definition) is 1. The minimum Gasteiger partial charge on any atom is -0.313 e. The van der Waals surface area contributed by atoms with Crippen LogP contribution < -0.4 is 5.32 Å². The van der Waals surface area contributed by atoms with E-state index in [1.54, 1.807) is 12.8 Å². The summed E-state index contributed by atoms with van der Waals surface area (Å²) in [7, 11) is 0. The van der Waals surface area contributed by atoms with Crippen LogP contribution in [0.5, 0.6) is 0 Å². The summed E-state index contributed by atoms with van der Waals surface area (Å²) in [6, 6.07) is 0.958. The molecule has 0 spiro atoms. The van der Waals surface area contributed by atoms with Gasteiger partial charge in [-0.2, -0.15) is 0 Å². The van der Waals surface area contributed by atoms with Crippen molar-refractivity contribution in [3.05, 3.63) is 0 Å². The molecule has 5 unspecified atom stereocenters. The molecule has 5 atom stereocenters. The largest absolute Gasteiger partial charge is 0.313 e. The first-order valence-electron chi connectivity index (χ1n) is 5.17. The molecule has 4 aliphatic carbocycles. The van der Waals surface area contributed by atoms with E-state index in [4.69, 9.17) is 0 Å². The summed E-state index contributed by atoms with van der Waals surface area (Å²) >= 11 is 0. The summed E-state index contributed by atoms with van der Waals surface area (Å²) < 4.78 is 0. The number of nitrogens with one attached hydrogen (secondary N) is 1. The van der Waals surface area contributed by atoms with Crippen molar-refractivity contribution in [2.75, 3.05) is 6.54 Å². The van der Waals surface area contributed by atoms with E-state index in [9.17, 15) is 0 Å². The molecule has 4 rings (SSSR count). The van der Waals surface area contributed by atoms with E-state index in [2.05, 4.69) is 5.32 Å². The molecule has 0 aromatic rings. The zero-order valence-electron chi connectivity index (χ0n) is 6.79. The van der Waals surface area contributed by atoms with E-state index in [-0.39, 0.29) is 0 Å². The molecule has 11 heavy (non-hydrogen) atoms. The van der Waals surface area contributed by atoms with Crippen molar-refractivity contribution in [3.63, 3.8) is 0 Å². The molecule has 0 aliphatic heterocycles. The fourth-order valence-electron chi connectivity index (χ4n) is 3.08. The van der Waals surface area contributed by atoms with E-state index in [1.165, 1.54) is 30.7 Å². The van der Waals surface area contributed by atoms with Crippen LogP contribution in [0, 0.1) is 29.6 Å². The van der Waals surface area contributed by atoms with Gasteiger partial charge in [0.2, 0.25) is 0 Å². The lowest BCUT2D eigenvalue weighted by Gasteiger charge is -2.26. The number of rotatable bonds is 3. The number of fused-ring (bicyclic) bond motifs is 2. The first kappa shape index (κ1) is 5.58. The Hall–Kier alpha value is -0.0400. The van der Waals surface area contributed by atoms with Gasteiger partial charge >= 0.3 is 0 Å². The molecule has 0 aromatic heterocycles. The highest BCUT2D eigenvalue weighted by Gasteiger charge is 2.64. The van der Waals surface area contributed by atoms with Crippen molar-refractivity contribution < 1.29 is 0 Å². The van der Waals surface area contributed by atoms with Gasteiger partial charge in [-0.15, -0.1) is 0 Å². The highest BCUT2D eigenvalue weighted by atomic mass is 15.0. The van der Waals surface area contributed by atoms with Crippen molar-refractivity contribution >= 4 is 0 Å². The Bertz CT molecular complexity index is 205. The molecule has 0 aromatic carbocycles. The molecule has 0 bridgehead atoms. The molecule has 0 saturated heterocycles. The van der Waals surface area contributed by atoms with Gasteiger partial charge in [0.1, 0.15) is 0 Å². The summed E-state index contributed by atoms with van der Waals surface area (Å²) in [5.74, 6) is 5.81. The van der Waals surface area contributed by atoms with Crippen LogP contribution in [-0.2, 0) is 0 Å². The fourth-order valence-corrected chi connectivity index (χ4v) is 3.08. The maximum atomic E-state index is 3.73. The van der Waals surface area contributed by atoms with Crippen molar-refractivity contribution in [2.24, 2.45) is 29.6 Å². The Balaban J connectivity index is 1.28. The van der Waals surface area contributed by atoms with E-state index in [0.29, 0.717) is 0 Å². The number of hydrogen-bond acceptors (Lipinski definition) is 1. The molecule has 0 heterocycles. The van der Waals surface area contributed by atoms with Crippen LogP contribution in [0.1, 0.15) is 19.3 Å². The standard InChI is InChI=1S/C10H15N/c1-5-2-10(6(1)5)11-4-9-7-3-8(7)9/h5-11H,1-4H2. The summed E-state index contributed by atoms with van der Waals surface area (Å²) in [4.78, 5) is 0. The molecule has 4 saturated carbocycles. The smallest absolute Gasteiger partial charge is 0.0101 e. The minimum absolute atomic E-state index is 0.958. The van der Waals surface area contributed by atoms with Crippen LogP contribution in [0.25, 0.3) is 0 Å². The zero-order valence-corrected chi connectivity index (χ0v) is 6.79. The molecule has 1 N–H and O–H groups in total. The van der Waals surface area contributed by atoms with Crippen LogP contribution in [0.4, 0.5) is 0 Å². The lowest BCUT2D eigenvalue weighted by Crippen LogP contribution is -2.39. The van der Waals surface area contributed by atoms with Crippen molar-refractivity contribution in [1.29, 1.82) is 0 Å². The van der Waals surface area contributed by atoms with Crippen LogP contribution >= 0.6 is 0 Å². The third-order valence-electron chi connectivity index (χ3n) is 4.52. The van der Waals surface area contributed by atoms with Crippen LogP contribution in [-0.4, -0.2) is 12.6 Å². The normalized spacial score (nSPS) is 67.6. The Morgan fingerprint density at radius 2 is 1.91 bits per heavy atom. The first-order chi connectivity index (χ1) is 5.43. The van der Waals surface area contributed by atoms with Gasteiger partial charge in [0.25, 0.3) is 0 Å². The average molecular weight is 149 g/mol. The Labute approximate surface area is 67.6 Å². The van der Waals surface area contributed by atoms with Crippen molar-refractivity contribution in [2.45, 2.75) is 25.3 Å². The molecule has 4 aliphatic rings. The van der Waals surface area contributed by atoms with Crippen LogP contribution in [0.3, 0.4) is 0 Å². The summed E-state index contributed by atoms with van der Waals surface area (Å²) in [5, 5.41) is 3.73. The van der Waals surface area contributed by atoms with Crippen molar-refractivity contribution in [1.82, 2.24) is 5.32 Å². The van der Waals surface area contributed by atoms with E-state index in [0.717, 1.165) is 17.9 Å². The van der Waals surface area contributed by atoms with Gasteiger partial charge in [0.15, 0.2) is 0 Å². The van der Waals surface area contributed by atoms with Gasteiger partial charge in [-0.3, -0.25) is 0 Å². The Morgan fingerprint density at radius 1 is 1.00 bits per heavy atom. The summed E-state index contributed by atoms with van der Waals surface area (Å²) in [6.07, 6.45) is 4.63. The van der Waals surface area contributed by atoms with E-state index >= 15 is 0 Å². The maximum Gasteiger partial charge on any atom is 0.0101 e. The fraction of sp³-hybridized carbons (Fsp3) is 1.00. The van der Waals surface area contributed by atoms with E-state index in [1.807, 2.05) is 0 Å². The lowest BCUT2D eigenvalue weighted by atomic mass is 9.93. The second-order valence-electron chi connectivity index (χ2n) is 5.14. The van der Waals surface area contributed by atoms with Crippen molar-refractivity contribution in [3.8, 4) is 0 Å². The highest BCUT2D eigenvalue weighted by Crippen LogP contribution is 2.68. The minimum atomic E-state index is 0.958. The maximum absolute atomic E-state index is 3.73. The third-order valence-corrected chi connectivity index (χ3v) is 4.52. The SMILES string of the molecule is C1C2CC2C1NCC1C2CC12. The van der Waals surface area contributed by atoms with Gasteiger partial charge in [-0.1, -0.05) is 0 Å². The molecule has 60 valence electrons. The molecular weight excluding hydrogens is 134 g/mol. The predicted octanol–water partition coefficient (Wildman–Crippen LogP) is 1.25. The van der Waals surface area contributed by atoms with Gasteiger partial charge in [-0.05, 0) is 55.4 Å². The second-order valence-corrected chi connectivity index (χ2v) is 5.14. The second kappa shape index (κ2) is 1.52. The van der Waals surface area contributed by atoms with Gasteiger partial charge in [0.05, 0.1) is 0 Å². The Morgan fingerprint density at radius 3 is 2.36 bits per heavy atom. The van der Waals surface area contributed by atoms with Crippen LogP contribution in [0.15, 0.2) is 0 Å². The topological polar surface area (TPSA) is 12.0 Å². The highest BCUT2D eigenvalue weighted by molar-refractivity contribution is 5.14. The quantitative estimate of drug-likeness (QED) is 0.637. The predicted molar refractivity (Wildman–Crippen MR) is 43.1 cm³/mol. The molecule has 4 fully saturated rings. The average Bonchev–Trinajstić information content (AvgIpc) is 2.74. The summed E-state index contributed by atoms with van der Waals surface area (Å²) in [6.45, 7) is 1.36. The molecule has 1 heteroatoms. The van der Waals surface area contributed by atoms with Gasteiger partial charge in [0, 0.05) is 6.04 Å². The molecule has 1 nitrogen and oxygen atoms in total. The monoisotopic (exact) mass is 149 g/mol. The zero-order chi connectivity index (χ0) is 7.00. The molecular formula is C10H15N. The third kappa shape index (κ3) is 0.658. The van der Waals surface area contributed by atoms with E-state index < -0.39 is 0 Å². The Kier molecular flexibility index (Phi) is 0.769. The van der Waals surface area contributed by atoms with Gasteiger partial charge < -0.3 is 5.32 Å². The molecule has 0 radical (unpaired) electrons. The summed E-state index contributed by atoms with van der Waals surface area (Å²) in [5.41, 5.74) is 0. The first-order valence-corrected chi connectivity index (χ1v) is 5.17. The van der Waals surface area contributed by atoms with Gasteiger partial charge in [-0.25, -0.2) is 0 Å². The lowest BCUT2D eigenvalue weighted by molar-refractivity contribution is 0.304. The molecule has 0 amide bonds.